The van der Waals surface area contributed by atoms with E-state index < -0.39 is 12.0 Å². The van der Waals surface area contributed by atoms with E-state index in [0.29, 0.717) is 6.04 Å². The molecule has 1 aliphatic heterocycles. The van der Waals surface area contributed by atoms with E-state index in [4.69, 9.17) is 5.11 Å². The van der Waals surface area contributed by atoms with Crippen LogP contribution in [0, 0.1) is 0 Å². The van der Waals surface area contributed by atoms with Crippen molar-refractivity contribution in [1.29, 1.82) is 0 Å². The topological polar surface area (TPSA) is 60.9 Å². The minimum absolute atomic E-state index is 0.0227. The van der Waals surface area contributed by atoms with Crippen molar-refractivity contribution in [2.24, 2.45) is 0 Å². The number of amides is 1. The molecule has 1 amide bonds. The van der Waals surface area contributed by atoms with E-state index in [1.54, 1.807) is 11.9 Å². The Morgan fingerprint density at radius 1 is 1.21 bits per heavy atom. The molecule has 1 aliphatic carbocycles. The van der Waals surface area contributed by atoms with Crippen LogP contribution in [-0.4, -0.2) is 59.0 Å². The van der Waals surface area contributed by atoms with Crippen molar-refractivity contribution in [2.45, 2.75) is 57.0 Å². The number of carbonyl (C=O) groups excluding carboxylic acids is 1. The van der Waals surface area contributed by atoms with Gasteiger partial charge in [0.25, 0.3) is 0 Å². The van der Waals surface area contributed by atoms with Crippen molar-refractivity contribution in [1.82, 2.24) is 9.80 Å². The molecule has 2 rings (SSSR count). The monoisotopic (exact) mass is 268 g/mol. The maximum atomic E-state index is 12.4. The second-order valence-electron chi connectivity index (χ2n) is 5.76. The Morgan fingerprint density at radius 3 is 2.53 bits per heavy atom. The van der Waals surface area contributed by atoms with E-state index in [2.05, 4.69) is 4.90 Å². The Hall–Kier alpha value is -1.10. The number of rotatable bonds is 3. The van der Waals surface area contributed by atoms with Gasteiger partial charge in [-0.3, -0.25) is 14.5 Å². The molecular weight excluding hydrogens is 244 g/mol. The zero-order valence-electron chi connectivity index (χ0n) is 11.7. The van der Waals surface area contributed by atoms with Crippen LogP contribution in [0.5, 0.6) is 0 Å². The summed E-state index contributed by atoms with van der Waals surface area (Å²) in [5.41, 5.74) is 0. The van der Waals surface area contributed by atoms with Gasteiger partial charge in [-0.05, 0) is 19.3 Å². The van der Waals surface area contributed by atoms with Crippen LogP contribution < -0.4 is 0 Å². The SMILES string of the molecule is CN1CCCN(C2CCCCC2)C(CC(=O)O)C1=O. The number of nitrogens with zero attached hydrogens (tertiary/aromatic N) is 2. The summed E-state index contributed by atoms with van der Waals surface area (Å²) < 4.78 is 0. The molecule has 0 radical (unpaired) electrons. The molecule has 1 atom stereocenters. The van der Waals surface area contributed by atoms with Crippen LogP contribution in [0.4, 0.5) is 0 Å². The van der Waals surface area contributed by atoms with Crippen molar-refractivity contribution in [3.63, 3.8) is 0 Å². The molecule has 19 heavy (non-hydrogen) atoms. The third-order valence-corrected chi connectivity index (χ3v) is 4.38. The molecule has 1 saturated carbocycles. The third kappa shape index (κ3) is 3.47. The first kappa shape index (κ1) is 14.3. The number of hydrogen-bond acceptors (Lipinski definition) is 3. The highest BCUT2D eigenvalue weighted by Crippen LogP contribution is 2.27. The van der Waals surface area contributed by atoms with Gasteiger partial charge in [0.05, 0.1) is 6.42 Å². The summed E-state index contributed by atoms with van der Waals surface area (Å²) in [5, 5.41) is 9.08. The summed E-state index contributed by atoms with van der Waals surface area (Å²) >= 11 is 0. The zero-order chi connectivity index (χ0) is 13.8. The van der Waals surface area contributed by atoms with Crippen molar-refractivity contribution in [2.75, 3.05) is 20.1 Å². The van der Waals surface area contributed by atoms with Crippen LogP contribution in [-0.2, 0) is 9.59 Å². The van der Waals surface area contributed by atoms with Crippen LogP contribution >= 0.6 is 0 Å². The van der Waals surface area contributed by atoms with Gasteiger partial charge in [0.1, 0.15) is 6.04 Å². The van der Waals surface area contributed by atoms with Gasteiger partial charge >= 0.3 is 5.97 Å². The molecule has 1 unspecified atom stereocenters. The molecular formula is C14H24N2O3. The van der Waals surface area contributed by atoms with Crippen molar-refractivity contribution in [3.05, 3.63) is 0 Å². The first-order chi connectivity index (χ1) is 9.09. The fourth-order valence-corrected chi connectivity index (χ4v) is 3.37. The Morgan fingerprint density at radius 2 is 1.89 bits per heavy atom. The molecule has 1 N–H and O–H groups in total. The molecule has 5 heteroatoms. The van der Waals surface area contributed by atoms with Gasteiger partial charge in [-0.2, -0.15) is 0 Å². The fraction of sp³-hybridized carbons (Fsp3) is 0.857. The van der Waals surface area contributed by atoms with Gasteiger partial charge in [-0.25, -0.2) is 0 Å². The van der Waals surface area contributed by atoms with Crippen LogP contribution in [0.15, 0.2) is 0 Å². The Labute approximate surface area is 114 Å². The number of hydrogen-bond donors (Lipinski definition) is 1. The molecule has 1 heterocycles. The summed E-state index contributed by atoms with van der Waals surface area (Å²) in [6, 6.07) is -0.0679. The maximum Gasteiger partial charge on any atom is 0.305 e. The molecule has 108 valence electrons. The smallest absolute Gasteiger partial charge is 0.305 e. The normalized spacial score (nSPS) is 27.3. The maximum absolute atomic E-state index is 12.4. The van der Waals surface area contributed by atoms with Crippen molar-refractivity contribution < 1.29 is 14.7 Å². The second-order valence-corrected chi connectivity index (χ2v) is 5.76. The predicted octanol–water partition coefficient (Wildman–Crippen LogP) is 1.33. The zero-order valence-corrected chi connectivity index (χ0v) is 11.7. The van der Waals surface area contributed by atoms with Gasteiger partial charge in [0, 0.05) is 26.2 Å². The summed E-state index contributed by atoms with van der Waals surface area (Å²) in [6.07, 6.45) is 6.74. The minimum atomic E-state index is -0.880. The summed E-state index contributed by atoms with van der Waals surface area (Å²) in [4.78, 5) is 27.3. The molecule has 2 aliphatic rings. The summed E-state index contributed by atoms with van der Waals surface area (Å²) in [5.74, 6) is -0.903. The largest absolute Gasteiger partial charge is 0.481 e. The van der Waals surface area contributed by atoms with Gasteiger partial charge in [0.2, 0.25) is 5.91 Å². The summed E-state index contributed by atoms with van der Waals surface area (Å²) in [6.45, 7) is 1.58. The molecule has 0 bridgehead atoms. The average Bonchev–Trinajstić information content (AvgIpc) is 2.53. The van der Waals surface area contributed by atoms with Crippen LogP contribution in [0.1, 0.15) is 44.9 Å². The number of carboxylic acids is 1. The highest BCUT2D eigenvalue weighted by molar-refractivity contribution is 5.86. The predicted molar refractivity (Wildman–Crippen MR) is 71.9 cm³/mol. The molecule has 0 aromatic heterocycles. The highest BCUT2D eigenvalue weighted by Gasteiger charge is 2.36. The van der Waals surface area contributed by atoms with Crippen LogP contribution in [0.2, 0.25) is 0 Å². The van der Waals surface area contributed by atoms with Gasteiger partial charge in [-0.1, -0.05) is 19.3 Å². The van der Waals surface area contributed by atoms with E-state index >= 15 is 0 Å². The van der Waals surface area contributed by atoms with Gasteiger partial charge < -0.3 is 10.0 Å². The molecule has 0 aromatic rings. The second kappa shape index (κ2) is 6.37. The average molecular weight is 268 g/mol. The van der Waals surface area contributed by atoms with Crippen LogP contribution in [0.3, 0.4) is 0 Å². The number of carbonyl (C=O) groups is 2. The van der Waals surface area contributed by atoms with Crippen molar-refractivity contribution >= 4 is 11.9 Å². The lowest BCUT2D eigenvalue weighted by molar-refractivity contribution is -0.145. The standard InChI is InChI=1S/C14H24N2O3/c1-15-8-5-9-16(11-6-3-2-4-7-11)12(14(15)19)10-13(17)18/h11-12H,2-10H2,1H3,(H,17,18). The van der Waals surface area contributed by atoms with E-state index in [1.165, 1.54) is 19.3 Å². The lowest BCUT2D eigenvalue weighted by Crippen LogP contribution is -2.50. The lowest BCUT2D eigenvalue weighted by Gasteiger charge is -2.37. The number of likely N-dealkylation sites (N-methyl/N-ethyl adjacent to an activating group) is 1. The lowest BCUT2D eigenvalue weighted by atomic mass is 9.92. The molecule has 5 nitrogen and oxygen atoms in total. The molecule has 0 spiro atoms. The van der Waals surface area contributed by atoms with E-state index in [1.807, 2.05) is 0 Å². The Bertz CT molecular complexity index is 340. The van der Waals surface area contributed by atoms with Gasteiger partial charge in [0.15, 0.2) is 0 Å². The van der Waals surface area contributed by atoms with Gasteiger partial charge in [-0.15, -0.1) is 0 Å². The summed E-state index contributed by atoms with van der Waals surface area (Å²) in [7, 11) is 1.78. The Balaban J connectivity index is 2.15. The first-order valence-electron chi connectivity index (χ1n) is 7.32. The first-order valence-corrected chi connectivity index (χ1v) is 7.32. The van der Waals surface area contributed by atoms with E-state index in [0.717, 1.165) is 32.4 Å². The third-order valence-electron chi connectivity index (χ3n) is 4.38. The molecule has 1 saturated heterocycles. The van der Waals surface area contributed by atoms with Crippen molar-refractivity contribution in [3.8, 4) is 0 Å². The molecule has 0 aromatic carbocycles. The fourth-order valence-electron chi connectivity index (χ4n) is 3.37. The number of carboxylic acid groups (broad SMARTS) is 1. The quantitative estimate of drug-likeness (QED) is 0.839. The minimum Gasteiger partial charge on any atom is -0.481 e. The van der Waals surface area contributed by atoms with Crippen LogP contribution in [0.25, 0.3) is 0 Å². The highest BCUT2D eigenvalue weighted by atomic mass is 16.4. The Kier molecular flexibility index (Phi) is 4.80. The molecule has 2 fully saturated rings. The number of aliphatic carboxylic acids is 1. The van der Waals surface area contributed by atoms with E-state index in [-0.39, 0.29) is 12.3 Å². The van der Waals surface area contributed by atoms with E-state index in [9.17, 15) is 9.59 Å².